The predicted octanol–water partition coefficient (Wildman–Crippen LogP) is 5.03. The first kappa shape index (κ1) is 24.7. The SMILES string of the molecule is Nc1cc(N)nc(SC(C(=O)Nc2ccc(-c3cc(C(=O)O)c4ccccc4n3)cc2)c2ccccc2)n1. The van der Waals surface area contributed by atoms with E-state index in [-0.39, 0.29) is 23.1 Å². The molecule has 5 aromatic rings. The van der Waals surface area contributed by atoms with E-state index in [9.17, 15) is 14.7 Å². The van der Waals surface area contributed by atoms with E-state index in [1.807, 2.05) is 36.4 Å². The number of nitrogen functional groups attached to an aromatic ring is 2. The molecule has 6 N–H and O–H groups in total. The molecular weight excluding hydrogens is 500 g/mol. The highest BCUT2D eigenvalue weighted by atomic mass is 32.2. The van der Waals surface area contributed by atoms with Gasteiger partial charge in [-0.2, -0.15) is 0 Å². The number of rotatable bonds is 7. The van der Waals surface area contributed by atoms with Gasteiger partial charge in [-0.25, -0.2) is 19.7 Å². The Bertz CT molecular complexity index is 1620. The van der Waals surface area contributed by atoms with Gasteiger partial charge in [0.15, 0.2) is 5.16 Å². The summed E-state index contributed by atoms with van der Waals surface area (Å²) in [5.41, 5.74) is 14.9. The van der Waals surface area contributed by atoms with Gasteiger partial charge < -0.3 is 21.9 Å². The monoisotopic (exact) mass is 522 g/mol. The van der Waals surface area contributed by atoms with Crippen molar-refractivity contribution in [2.75, 3.05) is 16.8 Å². The quantitative estimate of drug-likeness (QED) is 0.170. The maximum atomic E-state index is 13.4. The number of para-hydroxylation sites is 1. The van der Waals surface area contributed by atoms with Gasteiger partial charge in [0.05, 0.1) is 16.8 Å². The van der Waals surface area contributed by atoms with Crippen molar-refractivity contribution < 1.29 is 14.7 Å². The zero-order valence-electron chi connectivity index (χ0n) is 19.9. The Morgan fingerprint density at radius 2 is 1.47 bits per heavy atom. The predicted molar refractivity (Wildman–Crippen MR) is 149 cm³/mol. The maximum absolute atomic E-state index is 13.4. The summed E-state index contributed by atoms with van der Waals surface area (Å²) in [5.74, 6) is -0.869. The molecule has 2 heterocycles. The second-order valence-electron chi connectivity index (χ2n) is 8.35. The zero-order valence-corrected chi connectivity index (χ0v) is 20.7. The highest BCUT2D eigenvalue weighted by molar-refractivity contribution is 8.00. The fourth-order valence-electron chi connectivity index (χ4n) is 3.95. The Morgan fingerprint density at radius 1 is 0.816 bits per heavy atom. The summed E-state index contributed by atoms with van der Waals surface area (Å²) in [6, 6.07) is 26.4. The highest BCUT2D eigenvalue weighted by Crippen LogP contribution is 2.35. The van der Waals surface area contributed by atoms with E-state index in [2.05, 4.69) is 20.3 Å². The minimum atomic E-state index is -1.02. The Kier molecular flexibility index (Phi) is 6.88. The molecule has 0 radical (unpaired) electrons. The van der Waals surface area contributed by atoms with Crippen molar-refractivity contribution in [3.63, 3.8) is 0 Å². The second kappa shape index (κ2) is 10.6. The van der Waals surface area contributed by atoms with Crippen LogP contribution in [0.3, 0.4) is 0 Å². The number of amides is 1. The number of hydrogen-bond donors (Lipinski definition) is 4. The molecule has 3 aromatic carbocycles. The number of nitrogens with two attached hydrogens (primary N) is 2. The lowest BCUT2D eigenvalue weighted by molar-refractivity contribution is -0.115. The lowest BCUT2D eigenvalue weighted by atomic mass is 10.0. The topological polar surface area (TPSA) is 157 Å². The van der Waals surface area contributed by atoms with Crippen molar-refractivity contribution in [1.29, 1.82) is 0 Å². The van der Waals surface area contributed by atoms with Gasteiger partial charge in [0.25, 0.3) is 0 Å². The molecular formula is C28H22N6O3S. The smallest absolute Gasteiger partial charge is 0.336 e. The first-order valence-electron chi connectivity index (χ1n) is 11.5. The Balaban J connectivity index is 1.40. The van der Waals surface area contributed by atoms with Crippen LogP contribution in [0, 0.1) is 0 Å². The van der Waals surface area contributed by atoms with Crippen molar-refractivity contribution >= 4 is 51.9 Å². The third kappa shape index (κ3) is 5.40. The average Bonchev–Trinajstić information content (AvgIpc) is 2.91. The summed E-state index contributed by atoms with van der Waals surface area (Å²) in [5, 5.41) is 12.8. The number of anilines is 3. The molecule has 1 amide bonds. The van der Waals surface area contributed by atoms with Crippen LogP contribution in [-0.2, 0) is 4.79 Å². The van der Waals surface area contributed by atoms with Gasteiger partial charge in [0.1, 0.15) is 16.9 Å². The molecule has 0 saturated heterocycles. The minimum absolute atomic E-state index is 0.176. The number of nitrogens with one attached hydrogen (secondary N) is 1. The van der Waals surface area contributed by atoms with Gasteiger partial charge in [0, 0.05) is 22.7 Å². The molecule has 9 nitrogen and oxygen atoms in total. The number of aromatic nitrogens is 3. The van der Waals surface area contributed by atoms with E-state index in [0.29, 0.717) is 33.0 Å². The molecule has 0 fully saturated rings. The molecule has 5 rings (SSSR count). The van der Waals surface area contributed by atoms with Crippen LogP contribution in [0.2, 0.25) is 0 Å². The summed E-state index contributed by atoms with van der Waals surface area (Å²) in [6.45, 7) is 0. The lowest BCUT2D eigenvalue weighted by Gasteiger charge is -2.17. The van der Waals surface area contributed by atoms with Crippen molar-refractivity contribution in [3.05, 3.63) is 102 Å². The van der Waals surface area contributed by atoms with E-state index < -0.39 is 11.2 Å². The molecule has 10 heteroatoms. The van der Waals surface area contributed by atoms with E-state index in [1.54, 1.807) is 48.5 Å². The van der Waals surface area contributed by atoms with Crippen LogP contribution >= 0.6 is 11.8 Å². The maximum Gasteiger partial charge on any atom is 0.336 e. The number of carbonyl (C=O) groups is 2. The van der Waals surface area contributed by atoms with Gasteiger partial charge in [-0.3, -0.25) is 4.79 Å². The van der Waals surface area contributed by atoms with E-state index in [1.165, 1.54) is 6.07 Å². The van der Waals surface area contributed by atoms with Gasteiger partial charge in [-0.05, 0) is 29.8 Å². The van der Waals surface area contributed by atoms with Crippen molar-refractivity contribution in [2.24, 2.45) is 0 Å². The number of benzene rings is 3. The number of fused-ring (bicyclic) bond motifs is 1. The zero-order chi connectivity index (χ0) is 26.6. The number of nitrogens with zero attached hydrogens (tertiary/aromatic N) is 3. The van der Waals surface area contributed by atoms with Crippen LogP contribution in [0.4, 0.5) is 17.3 Å². The molecule has 0 aliphatic heterocycles. The molecule has 0 spiro atoms. The third-order valence-electron chi connectivity index (χ3n) is 5.70. The number of pyridine rings is 1. The van der Waals surface area contributed by atoms with Gasteiger partial charge in [-0.15, -0.1) is 0 Å². The normalized spacial score (nSPS) is 11.7. The van der Waals surface area contributed by atoms with Crippen molar-refractivity contribution in [1.82, 2.24) is 15.0 Å². The number of aromatic carboxylic acids is 1. The molecule has 0 aliphatic carbocycles. The van der Waals surface area contributed by atoms with Gasteiger partial charge >= 0.3 is 5.97 Å². The number of carboxylic acid groups (broad SMARTS) is 1. The molecule has 0 saturated carbocycles. The number of carboxylic acids is 1. The first-order valence-corrected chi connectivity index (χ1v) is 12.4. The largest absolute Gasteiger partial charge is 0.478 e. The summed E-state index contributed by atoms with van der Waals surface area (Å²) < 4.78 is 0. The van der Waals surface area contributed by atoms with Crippen LogP contribution in [0.1, 0.15) is 21.2 Å². The average molecular weight is 523 g/mol. The van der Waals surface area contributed by atoms with E-state index in [0.717, 1.165) is 17.3 Å². The fourth-order valence-corrected chi connectivity index (χ4v) is 4.94. The molecule has 38 heavy (non-hydrogen) atoms. The fraction of sp³-hybridized carbons (Fsp3) is 0.0357. The van der Waals surface area contributed by atoms with Crippen LogP contribution in [0.5, 0.6) is 0 Å². The van der Waals surface area contributed by atoms with Crippen LogP contribution in [-0.4, -0.2) is 31.9 Å². The first-order chi connectivity index (χ1) is 18.4. The van der Waals surface area contributed by atoms with Crippen LogP contribution in [0.15, 0.2) is 96.2 Å². The van der Waals surface area contributed by atoms with E-state index in [4.69, 9.17) is 11.5 Å². The summed E-state index contributed by atoms with van der Waals surface area (Å²) in [4.78, 5) is 38.2. The Morgan fingerprint density at radius 3 is 2.16 bits per heavy atom. The van der Waals surface area contributed by atoms with Crippen molar-refractivity contribution in [3.8, 4) is 11.3 Å². The molecule has 1 unspecified atom stereocenters. The molecule has 0 aliphatic rings. The Hall–Kier alpha value is -4.96. The van der Waals surface area contributed by atoms with Crippen molar-refractivity contribution in [2.45, 2.75) is 10.4 Å². The summed E-state index contributed by atoms with van der Waals surface area (Å²) in [6.07, 6.45) is 0. The van der Waals surface area contributed by atoms with Crippen LogP contribution in [0.25, 0.3) is 22.2 Å². The van der Waals surface area contributed by atoms with Gasteiger partial charge in [0.2, 0.25) is 5.91 Å². The standard InChI is InChI=1S/C28H22N6O3S/c29-23-15-24(30)34-28(33-23)38-25(17-6-2-1-3-7-17)26(35)31-18-12-10-16(11-13-18)22-14-20(27(36)37)19-8-4-5-9-21(19)32-22/h1-15,25H,(H,31,35)(H,36,37)(H4,29,30,33,34). The number of thioether (sulfide) groups is 1. The minimum Gasteiger partial charge on any atom is -0.478 e. The summed E-state index contributed by atoms with van der Waals surface area (Å²) in [7, 11) is 0. The van der Waals surface area contributed by atoms with E-state index >= 15 is 0 Å². The molecule has 1 atom stereocenters. The number of hydrogen-bond acceptors (Lipinski definition) is 8. The van der Waals surface area contributed by atoms with Crippen LogP contribution < -0.4 is 16.8 Å². The second-order valence-corrected chi connectivity index (χ2v) is 9.43. The molecule has 2 aromatic heterocycles. The molecule has 188 valence electrons. The lowest BCUT2D eigenvalue weighted by Crippen LogP contribution is -2.19. The summed E-state index contributed by atoms with van der Waals surface area (Å²) >= 11 is 1.14. The number of carbonyl (C=O) groups excluding carboxylic acids is 1. The molecule has 0 bridgehead atoms. The Labute approximate surface area is 222 Å². The third-order valence-corrected chi connectivity index (χ3v) is 6.82. The van der Waals surface area contributed by atoms with Gasteiger partial charge in [-0.1, -0.05) is 72.4 Å². The highest BCUT2D eigenvalue weighted by Gasteiger charge is 2.24.